The fourth-order valence-corrected chi connectivity index (χ4v) is 3.58. The molecule has 2 aliphatic rings. The second-order valence-electron chi connectivity index (χ2n) is 6.11. The van der Waals surface area contributed by atoms with E-state index in [1.54, 1.807) is 0 Å². The van der Waals surface area contributed by atoms with E-state index in [9.17, 15) is 4.39 Å². The van der Waals surface area contributed by atoms with Crippen LogP contribution in [0, 0.1) is 5.82 Å². The van der Waals surface area contributed by atoms with E-state index in [4.69, 9.17) is 9.47 Å². The number of nitrogens with one attached hydrogen (secondary N) is 1. The second-order valence-corrected chi connectivity index (χ2v) is 6.11. The maximum atomic E-state index is 13.1. The highest BCUT2D eigenvalue weighted by Gasteiger charge is 2.43. The number of piperidine rings is 1. The Kier molecular flexibility index (Phi) is 4.57. The molecule has 116 valence electrons. The van der Waals surface area contributed by atoms with Crippen molar-refractivity contribution in [2.75, 3.05) is 19.7 Å². The number of hydrogen-bond acceptors (Lipinski definition) is 3. The summed E-state index contributed by atoms with van der Waals surface area (Å²) in [5.74, 6) is -0.201. The van der Waals surface area contributed by atoms with Crippen molar-refractivity contribution in [2.45, 2.75) is 50.4 Å². The molecular formula is C17H24FNO2. The molecule has 0 aromatic heterocycles. The molecule has 2 aliphatic heterocycles. The van der Waals surface area contributed by atoms with Crippen molar-refractivity contribution in [1.29, 1.82) is 0 Å². The van der Waals surface area contributed by atoms with Crippen LogP contribution in [0.15, 0.2) is 24.3 Å². The molecule has 21 heavy (non-hydrogen) atoms. The van der Waals surface area contributed by atoms with Gasteiger partial charge in [-0.3, -0.25) is 0 Å². The average molecular weight is 293 g/mol. The molecule has 1 spiro atoms. The standard InChI is InChI=1S/C17H24FNO2/c1-2-20-15-11-16(13-3-5-14(18)6-4-13)21-17(12-15)7-9-19-10-8-17/h3-6,15-16,19H,2,7-12H2,1H3. The van der Waals surface area contributed by atoms with Gasteiger partial charge >= 0.3 is 0 Å². The molecule has 3 nitrogen and oxygen atoms in total. The first kappa shape index (κ1) is 14.9. The molecule has 2 unspecified atom stereocenters. The third kappa shape index (κ3) is 3.44. The summed E-state index contributed by atoms with van der Waals surface area (Å²) in [5, 5.41) is 3.39. The number of halogens is 1. The van der Waals surface area contributed by atoms with E-state index in [-0.39, 0.29) is 23.6 Å². The van der Waals surface area contributed by atoms with Crippen LogP contribution in [0.25, 0.3) is 0 Å². The minimum Gasteiger partial charge on any atom is -0.378 e. The van der Waals surface area contributed by atoms with Gasteiger partial charge in [0.15, 0.2) is 0 Å². The summed E-state index contributed by atoms with van der Waals surface area (Å²) in [6.07, 6.45) is 4.11. The SMILES string of the molecule is CCOC1CC(c2ccc(F)cc2)OC2(CCNCC2)C1. The highest BCUT2D eigenvalue weighted by atomic mass is 19.1. The first-order chi connectivity index (χ1) is 10.2. The van der Waals surface area contributed by atoms with Crippen molar-refractivity contribution < 1.29 is 13.9 Å². The van der Waals surface area contributed by atoms with Gasteiger partial charge in [-0.25, -0.2) is 4.39 Å². The first-order valence-electron chi connectivity index (χ1n) is 7.96. The number of ether oxygens (including phenoxy) is 2. The van der Waals surface area contributed by atoms with Crippen LogP contribution in [0.2, 0.25) is 0 Å². The topological polar surface area (TPSA) is 30.5 Å². The van der Waals surface area contributed by atoms with E-state index in [1.807, 2.05) is 19.1 Å². The molecule has 2 fully saturated rings. The Morgan fingerprint density at radius 3 is 2.67 bits per heavy atom. The Hall–Kier alpha value is -0.970. The van der Waals surface area contributed by atoms with Gasteiger partial charge in [-0.15, -0.1) is 0 Å². The summed E-state index contributed by atoms with van der Waals surface area (Å²) in [6, 6.07) is 6.70. The monoisotopic (exact) mass is 293 g/mol. The minimum atomic E-state index is -0.201. The highest BCUT2D eigenvalue weighted by Crippen LogP contribution is 2.42. The van der Waals surface area contributed by atoms with Gasteiger partial charge in [0.05, 0.1) is 17.8 Å². The largest absolute Gasteiger partial charge is 0.378 e. The summed E-state index contributed by atoms with van der Waals surface area (Å²) in [6.45, 7) is 4.76. The number of hydrogen-bond donors (Lipinski definition) is 1. The smallest absolute Gasteiger partial charge is 0.123 e. The molecule has 3 rings (SSSR count). The Bertz CT molecular complexity index is 456. The van der Waals surface area contributed by atoms with E-state index in [0.717, 1.165) is 50.9 Å². The van der Waals surface area contributed by atoms with E-state index in [2.05, 4.69) is 5.32 Å². The predicted octanol–water partition coefficient (Wildman–Crippen LogP) is 3.20. The quantitative estimate of drug-likeness (QED) is 0.928. The van der Waals surface area contributed by atoms with E-state index < -0.39 is 0 Å². The fraction of sp³-hybridized carbons (Fsp3) is 0.647. The van der Waals surface area contributed by atoms with Crippen LogP contribution < -0.4 is 5.32 Å². The first-order valence-corrected chi connectivity index (χ1v) is 7.96. The summed E-state index contributed by atoms with van der Waals surface area (Å²) in [7, 11) is 0. The van der Waals surface area contributed by atoms with Crippen LogP contribution in [0.4, 0.5) is 4.39 Å². The molecule has 4 heteroatoms. The summed E-state index contributed by atoms with van der Waals surface area (Å²) in [4.78, 5) is 0. The van der Waals surface area contributed by atoms with Gasteiger partial charge in [0.2, 0.25) is 0 Å². The zero-order chi connectivity index (χ0) is 14.7. The van der Waals surface area contributed by atoms with Crippen LogP contribution in [-0.2, 0) is 9.47 Å². The molecule has 0 saturated carbocycles. The Morgan fingerprint density at radius 2 is 2.00 bits per heavy atom. The molecule has 2 saturated heterocycles. The lowest BCUT2D eigenvalue weighted by atomic mass is 9.81. The third-order valence-corrected chi connectivity index (χ3v) is 4.63. The molecule has 2 atom stereocenters. The van der Waals surface area contributed by atoms with Crippen molar-refractivity contribution >= 4 is 0 Å². The van der Waals surface area contributed by atoms with Crippen molar-refractivity contribution in [1.82, 2.24) is 5.32 Å². The van der Waals surface area contributed by atoms with Gasteiger partial charge in [-0.05, 0) is 50.6 Å². The van der Waals surface area contributed by atoms with Crippen LogP contribution in [-0.4, -0.2) is 31.4 Å². The van der Waals surface area contributed by atoms with Gasteiger partial charge in [0.1, 0.15) is 5.82 Å². The van der Waals surface area contributed by atoms with Crippen LogP contribution in [0.3, 0.4) is 0 Å². The van der Waals surface area contributed by atoms with E-state index in [0.29, 0.717) is 0 Å². The Morgan fingerprint density at radius 1 is 1.29 bits per heavy atom. The van der Waals surface area contributed by atoms with E-state index >= 15 is 0 Å². The number of rotatable bonds is 3. The fourth-order valence-electron chi connectivity index (χ4n) is 3.58. The lowest BCUT2D eigenvalue weighted by Crippen LogP contribution is -2.50. The molecule has 1 aromatic carbocycles. The van der Waals surface area contributed by atoms with Crippen molar-refractivity contribution in [3.63, 3.8) is 0 Å². The maximum Gasteiger partial charge on any atom is 0.123 e. The predicted molar refractivity (Wildman–Crippen MR) is 79.7 cm³/mol. The highest BCUT2D eigenvalue weighted by molar-refractivity contribution is 5.20. The Labute approximate surface area is 125 Å². The molecule has 1 N–H and O–H groups in total. The zero-order valence-corrected chi connectivity index (χ0v) is 12.6. The van der Waals surface area contributed by atoms with Crippen molar-refractivity contribution in [2.24, 2.45) is 0 Å². The molecule has 0 amide bonds. The minimum absolute atomic E-state index is 0.00833. The van der Waals surface area contributed by atoms with Gasteiger partial charge in [0.25, 0.3) is 0 Å². The number of benzene rings is 1. The molecule has 0 aliphatic carbocycles. The second kappa shape index (κ2) is 6.42. The molecule has 2 heterocycles. The normalized spacial score (nSPS) is 28.7. The van der Waals surface area contributed by atoms with Crippen LogP contribution >= 0.6 is 0 Å². The maximum absolute atomic E-state index is 13.1. The summed E-state index contributed by atoms with van der Waals surface area (Å²) in [5.41, 5.74) is 0.973. The average Bonchev–Trinajstić information content (AvgIpc) is 2.48. The lowest BCUT2D eigenvalue weighted by molar-refractivity contribution is -0.185. The summed E-state index contributed by atoms with van der Waals surface area (Å²) >= 11 is 0. The van der Waals surface area contributed by atoms with Crippen LogP contribution in [0.5, 0.6) is 0 Å². The van der Waals surface area contributed by atoms with Gasteiger partial charge in [-0.1, -0.05) is 12.1 Å². The third-order valence-electron chi connectivity index (χ3n) is 4.63. The Balaban J connectivity index is 1.80. The molecule has 1 aromatic rings. The van der Waals surface area contributed by atoms with E-state index in [1.165, 1.54) is 12.1 Å². The van der Waals surface area contributed by atoms with Gasteiger partial charge < -0.3 is 14.8 Å². The molecule has 0 radical (unpaired) electrons. The zero-order valence-electron chi connectivity index (χ0n) is 12.6. The lowest BCUT2D eigenvalue weighted by Gasteiger charge is -2.47. The van der Waals surface area contributed by atoms with Gasteiger partial charge in [-0.2, -0.15) is 0 Å². The van der Waals surface area contributed by atoms with Gasteiger partial charge in [0, 0.05) is 19.4 Å². The summed E-state index contributed by atoms with van der Waals surface area (Å²) < 4.78 is 25.5. The van der Waals surface area contributed by atoms with Crippen LogP contribution in [0.1, 0.15) is 44.3 Å². The van der Waals surface area contributed by atoms with Crippen molar-refractivity contribution in [3.8, 4) is 0 Å². The van der Waals surface area contributed by atoms with Crippen molar-refractivity contribution in [3.05, 3.63) is 35.6 Å². The molecule has 0 bridgehead atoms. The molecular weight excluding hydrogens is 269 g/mol.